The number of hydrogen-bond donors (Lipinski definition) is 0. The Labute approximate surface area is 86.1 Å². The van der Waals surface area contributed by atoms with Crippen molar-refractivity contribution < 1.29 is 8.78 Å². The zero-order chi connectivity index (χ0) is 10.7. The van der Waals surface area contributed by atoms with E-state index >= 15 is 0 Å². The predicted molar refractivity (Wildman–Crippen MR) is 51.0 cm³/mol. The summed E-state index contributed by atoms with van der Waals surface area (Å²) >= 11 is 0. The highest BCUT2D eigenvalue weighted by Crippen LogP contribution is 2.65. The molecule has 0 bridgehead atoms. The standard InChI is InChI=1S/C10H11F2N3/c1-7-2-13-8(14-3-7)15-5-9(6-15)4-10(9,11)12/h2-3H,4-6H2,1H3. The quantitative estimate of drug-likeness (QED) is 0.707. The third-order valence-corrected chi connectivity index (χ3v) is 3.25. The lowest BCUT2D eigenvalue weighted by molar-refractivity contribution is 0.0516. The Morgan fingerprint density at radius 3 is 2.27 bits per heavy atom. The topological polar surface area (TPSA) is 29.0 Å². The maximum absolute atomic E-state index is 12.9. The van der Waals surface area contributed by atoms with Gasteiger partial charge in [0.25, 0.3) is 5.92 Å². The van der Waals surface area contributed by atoms with Crippen molar-refractivity contribution in [2.45, 2.75) is 19.3 Å². The van der Waals surface area contributed by atoms with E-state index in [2.05, 4.69) is 9.97 Å². The Kier molecular flexibility index (Phi) is 1.47. The van der Waals surface area contributed by atoms with Gasteiger partial charge in [0.1, 0.15) is 0 Å². The molecule has 0 radical (unpaired) electrons. The summed E-state index contributed by atoms with van der Waals surface area (Å²) in [6.07, 6.45) is 3.44. The molecule has 2 aliphatic rings. The van der Waals surface area contributed by atoms with E-state index in [1.165, 1.54) is 0 Å². The van der Waals surface area contributed by atoms with Crippen LogP contribution in [0.25, 0.3) is 0 Å². The van der Waals surface area contributed by atoms with Gasteiger partial charge in [0, 0.05) is 31.9 Å². The Morgan fingerprint density at radius 2 is 1.80 bits per heavy atom. The van der Waals surface area contributed by atoms with Crippen molar-refractivity contribution in [3.63, 3.8) is 0 Å². The van der Waals surface area contributed by atoms with Gasteiger partial charge in [0.05, 0.1) is 5.41 Å². The van der Waals surface area contributed by atoms with Gasteiger partial charge in [0.2, 0.25) is 5.95 Å². The van der Waals surface area contributed by atoms with Gasteiger partial charge in [0.15, 0.2) is 0 Å². The molecule has 5 heteroatoms. The largest absolute Gasteiger partial charge is 0.339 e. The van der Waals surface area contributed by atoms with Crippen LogP contribution in [-0.4, -0.2) is 29.0 Å². The molecule has 0 N–H and O–H groups in total. The Morgan fingerprint density at radius 1 is 1.27 bits per heavy atom. The van der Waals surface area contributed by atoms with Crippen molar-refractivity contribution >= 4 is 5.95 Å². The SMILES string of the molecule is Cc1cnc(N2CC3(C2)CC3(F)F)nc1. The average Bonchev–Trinajstić information content (AvgIpc) is 2.68. The number of hydrogen-bond acceptors (Lipinski definition) is 3. The molecule has 1 saturated heterocycles. The number of anilines is 1. The van der Waals surface area contributed by atoms with E-state index in [9.17, 15) is 8.78 Å². The van der Waals surface area contributed by atoms with Gasteiger partial charge in [-0.2, -0.15) is 0 Å². The minimum atomic E-state index is -2.45. The van der Waals surface area contributed by atoms with Crippen LogP contribution in [-0.2, 0) is 0 Å². The van der Waals surface area contributed by atoms with E-state index in [0.717, 1.165) is 5.56 Å². The van der Waals surface area contributed by atoms with E-state index in [0.29, 0.717) is 19.0 Å². The molecule has 2 heterocycles. The summed E-state index contributed by atoms with van der Waals surface area (Å²) in [6, 6.07) is 0. The van der Waals surface area contributed by atoms with E-state index in [-0.39, 0.29) is 6.42 Å². The fraction of sp³-hybridized carbons (Fsp3) is 0.600. The molecular weight excluding hydrogens is 200 g/mol. The predicted octanol–water partition coefficient (Wildman–Crippen LogP) is 1.63. The molecule has 1 saturated carbocycles. The van der Waals surface area contributed by atoms with Crippen LogP contribution in [0.3, 0.4) is 0 Å². The Balaban J connectivity index is 1.71. The third-order valence-electron chi connectivity index (χ3n) is 3.25. The summed E-state index contributed by atoms with van der Waals surface area (Å²) in [7, 11) is 0. The van der Waals surface area contributed by atoms with E-state index in [4.69, 9.17) is 0 Å². The van der Waals surface area contributed by atoms with Crippen molar-refractivity contribution in [2.75, 3.05) is 18.0 Å². The maximum Gasteiger partial charge on any atom is 0.258 e. The van der Waals surface area contributed by atoms with E-state index in [1.54, 1.807) is 17.3 Å². The van der Waals surface area contributed by atoms with Crippen molar-refractivity contribution in [3.05, 3.63) is 18.0 Å². The molecule has 0 amide bonds. The van der Waals surface area contributed by atoms with Crippen LogP contribution in [0.4, 0.5) is 14.7 Å². The lowest BCUT2D eigenvalue weighted by Gasteiger charge is -2.39. The molecule has 15 heavy (non-hydrogen) atoms. The van der Waals surface area contributed by atoms with Gasteiger partial charge < -0.3 is 4.90 Å². The molecule has 1 spiro atoms. The minimum absolute atomic E-state index is 0.0301. The molecule has 0 aromatic carbocycles. The first kappa shape index (κ1) is 9.00. The Bertz CT molecular complexity index is 396. The number of rotatable bonds is 1. The van der Waals surface area contributed by atoms with Gasteiger partial charge in [-0.05, 0) is 12.5 Å². The molecule has 1 aromatic heterocycles. The monoisotopic (exact) mass is 211 g/mol. The zero-order valence-corrected chi connectivity index (χ0v) is 8.37. The second-order valence-electron chi connectivity index (χ2n) is 4.58. The Hall–Kier alpha value is -1.26. The number of halogens is 2. The second kappa shape index (κ2) is 2.46. The molecule has 3 nitrogen and oxygen atoms in total. The summed E-state index contributed by atoms with van der Waals surface area (Å²) in [5.74, 6) is -1.89. The van der Waals surface area contributed by atoms with Crippen molar-refractivity contribution in [3.8, 4) is 0 Å². The summed E-state index contributed by atoms with van der Waals surface area (Å²) in [5.41, 5.74) is 0.229. The van der Waals surface area contributed by atoms with E-state index < -0.39 is 11.3 Å². The summed E-state index contributed by atoms with van der Waals surface area (Å²) < 4.78 is 25.8. The molecule has 80 valence electrons. The average molecular weight is 211 g/mol. The number of aromatic nitrogens is 2. The molecule has 1 aliphatic heterocycles. The smallest absolute Gasteiger partial charge is 0.258 e. The molecule has 0 atom stereocenters. The number of aryl methyl sites for hydroxylation is 1. The van der Waals surface area contributed by atoms with Crippen LogP contribution < -0.4 is 4.90 Å². The van der Waals surface area contributed by atoms with Crippen molar-refractivity contribution in [2.24, 2.45) is 5.41 Å². The first-order valence-corrected chi connectivity index (χ1v) is 4.94. The fourth-order valence-electron chi connectivity index (χ4n) is 2.10. The lowest BCUT2D eigenvalue weighted by Crippen LogP contribution is -2.52. The zero-order valence-electron chi connectivity index (χ0n) is 8.37. The van der Waals surface area contributed by atoms with Crippen LogP contribution >= 0.6 is 0 Å². The first-order valence-electron chi connectivity index (χ1n) is 4.94. The number of alkyl halides is 2. The van der Waals surface area contributed by atoms with Gasteiger partial charge >= 0.3 is 0 Å². The summed E-state index contributed by atoms with van der Waals surface area (Å²) in [5, 5.41) is 0. The molecule has 1 aliphatic carbocycles. The van der Waals surface area contributed by atoms with E-state index in [1.807, 2.05) is 6.92 Å². The van der Waals surface area contributed by atoms with Crippen molar-refractivity contribution in [1.29, 1.82) is 0 Å². The molecule has 3 rings (SSSR count). The minimum Gasteiger partial charge on any atom is -0.339 e. The highest BCUT2D eigenvalue weighted by atomic mass is 19.3. The van der Waals surface area contributed by atoms with Crippen LogP contribution in [0.1, 0.15) is 12.0 Å². The first-order chi connectivity index (χ1) is 7.02. The summed E-state index contributed by atoms with van der Waals surface area (Å²) in [4.78, 5) is 10.0. The van der Waals surface area contributed by atoms with Crippen LogP contribution in [0.15, 0.2) is 12.4 Å². The van der Waals surface area contributed by atoms with Gasteiger partial charge in [-0.15, -0.1) is 0 Å². The molecule has 0 unspecified atom stereocenters. The van der Waals surface area contributed by atoms with Crippen LogP contribution in [0.5, 0.6) is 0 Å². The summed E-state index contributed by atoms with van der Waals surface area (Å²) in [6.45, 7) is 2.68. The fourth-order valence-corrected chi connectivity index (χ4v) is 2.10. The molecule has 1 aromatic rings. The normalized spacial score (nSPS) is 25.1. The highest BCUT2D eigenvalue weighted by molar-refractivity contribution is 5.41. The number of nitrogens with zero attached hydrogens (tertiary/aromatic N) is 3. The molecule has 2 fully saturated rings. The molecular formula is C10H11F2N3. The van der Waals surface area contributed by atoms with Gasteiger partial charge in [-0.25, -0.2) is 18.7 Å². The van der Waals surface area contributed by atoms with Crippen molar-refractivity contribution in [1.82, 2.24) is 9.97 Å². The third kappa shape index (κ3) is 1.15. The lowest BCUT2D eigenvalue weighted by atomic mass is 9.96. The van der Waals surface area contributed by atoms with Crippen LogP contribution in [0, 0.1) is 12.3 Å². The van der Waals surface area contributed by atoms with Gasteiger partial charge in [-0.3, -0.25) is 0 Å². The highest BCUT2D eigenvalue weighted by Gasteiger charge is 2.76. The maximum atomic E-state index is 12.9. The van der Waals surface area contributed by atoms with Crippen LogP contribution in [0.2, 0.25) is 0 Å². The second-order valence-corrected chi connectivity index (χ2v) is 4.58. The van der Waals surface area contributed by atoms with Gasteiger partial charge in [-0.1, -0.05) is 0 Å².